The van der Waals surface area contributed by atoms with E-state index in [9.17, 15) is 45.6 Å². The average Bonchev–Trinajstić information content (AvgIpc) is 3.40. The van der Waals surface area contributed by atoms with Gasteiger partial charge < -0.3 is 65.1 Å². The molecule has 0 spiro atoms. The lowest BCUT2D eigenvalue weighted by Gasteiger charge is -2.46. The summed E-state index contributed by atoms with van der Waals surface area (Å²) >= 11 is 0. The highest BCUT2D eigenvalue weighted by Gasteiger charge is 2.51. The summed E-state index contributed by atoms with van der Waals surface area (Å²) in [5.41, 5.74) is 0. The molecule has 0 bridgehead atoms. The summed E-state index contributed by atoms with van der Waals surface area (Å²) in [6.45, 7) is 2.57. The maximum Gasteiger partial charge on any atom is 0.220 e. The summed E-state index contributed by atoms with van der Waals surface area (Å²) in [7, 11) is 0. The van der Waals surface area contributed by atoms with Crippen molar-refractivity contribution in [2.45, 2.75) is 242 Å². The third-order valence-corrected chi connectivity index (χ3v) is 13.0. The minimum absolute atomic E-state index is 0.259. The van der Waals surface area contributed by atoms with Gasteiger partial charge in [0.05, 0.1) is 32.0 Å². The standard InChI is InChI=1S/C60H99NO13/c1-3-5-7-9-11-12-13-14-15-16-17-18-19-20-21-22-23-24-25-26-27-28-29-30-31-32-33-34-35-36-38-40-42-44-52(65)61-48(49(64)43-41-39-37-10-8-6-4-2)47-71-59-57(70)55(68)58(51(46-63)73-59)74-60-56(69)54(67)53(66)50(45-62)72-60/h5,7,11-12,14-15,17-18,20-21,23-24,26-27,29-30,41,43,48-51,53-60,62-64,66-70H,3-4,6,8-10,13,16,19,22,25,28,31-40,42,44-47H2,1-2H3,(H,61,65)/b7-5-,12-11-,15-14-,18-17-,21-20-,24-23-,27-26-,30-29-,43-41+. The molecule has 2 saturated heterocycles. The van der Waals surface area contributed by atoms with Crippen LogP contribution in [0.4, 0.5) is 0 Å². The Bertz CT molecular complexity index is 1650. The minimum Gasteiger partial charge on any atom is -0.394 e. The summed E-state index contributed by atoms with van der Waals surface area (Å²) < 4.78 is 22.6. The van der Waals surface area contributed by atoms with E-state index in [0.29, 0.717) is 6.42 Å². The minimum atomic E-state index is -1.79. The van der Waals surface area contributed by atoms with Crippen LogP contribution in [0.25, 0.3) is 0 Å². The Hall–Kier alpha value is -3.35. The van der Waals surface area contributed by atoms with E-state index < -0.39 is 86.8 Å². The third-order valence-electron chi connectivity index (χ3n) is 13.0. The first kappa shape index (κ1) is 66.8. The lowest BCUT2D eigenvalue weighted by atomic mass is 9.97. The summed E-state index contributed by atoms with van der Waals surface area (Å²) in [4.78, 5) is 13.1. The Morgan fingerprint density at radius 1 is 0.500 bits per heavy atom. The average molecular weight is 1040 g/mol. The van der Waals surface area contributed by atoms with Crippen LogP contribution in [-0.4, -0.2) is 140 Å². The third kappa shape index (κ3) is 30.4. The van der Waals surface area contributed by atoms with Crippen molar-refractivity contribution in [2.24, 2.45) is 0 Å². The van der Waals surface area contributed by atoms with Crippen LogP contribution in [0.5, 0.6) is 0 Å². The van der Waals surface area contributed by atoms with E-state index >= 15 is 0 Å². The monoisotopic (exact) mass is 1040 g/mol. The first-order valence-corrected chi connectivity index (χ1v) is 28.1. The number of aliphatic hydroxyl groups is 8. The molecule has 0 aromatic rings. The predicted octanol–water partition coefficient (Wildman–Crippen LogP) is 8.88. The number of hydrogen-bond donors (Lipinski definition) is 9. The number of hydrogen-bond acceptors (Lipinski definition) is 13. The zero-order valence-corrected chi connectivity index (χ0v) is 45.0. The van der Waals surface area contributed by atoms with Crippen LogP contribution in [-0.2, 0) is 23.7 Å². The van der Waals surface area contributed by atoms with E-state index in [4.69, 9.17) is 18.9 Å². The Labute approximate surface area is 445 Å². The van der Waals surface area contributed by atoms with Gasteiger partial charge in [0, 0.05) is 6.42 Å². The Morgan fingerprint density at radius 3 is 1.43 bits per heavy atom. The van der Waals surface area contributed by atoms with Crippen LogP contribution in [0.2, 0.25) is 0 Å². The fourth-order valence-corrected chi connectivity index (χ4v) is 8.42. The van der Waals surface area contributed by atoms with Crippen molar-refractivity contribution < 1.29 is 64.6 Å². The SMILES string of the molecule is CC/C=C\C/C=C\C/C=C\C/C=C\C/C=C\C/C=C\C/C=C\C/C=C\CCCCCCCCCCC(=O)NC(COC1OC(CO)C(OC2OC(CO)C(O)C(O)C2O)C(O)C1O)C(O)/C=C/CCCCCCC. The summed E-state index contributed by atoms with van der Waals surface area (Å²) in [5, 5.41) is 86.5. The molecule has 12 atom stereocenters. The fraction of sp³-hybridized carbons (Fsp3) is 0.683. The molecule has 2 aliphatic rings. The van der Waals surface area contributed by atoms with Gasteiger partial charge in [0.25, 0.3) is 0 Å². The normalized spacial score (nSPS) is 26.1. The molecule has 12 unspecified atom stereocenters. The molecule has 14 nitrogen and oxygen atoms in total. The van der Waals surface area contributed by atoms with Crippen molar-refractivity contribution in [2.75, 3.05) is 19.8 Å². The highest BCUT2D eigenvalue weighted by Crippen LogP contribution is 2.30. The number of amides is 1. The van der Waals surface area contributed by atoms with Crippen LogP contribution in [0.15, 0.2) is 109 Å². The van der Waals surface area contributed by atoms with Crippen molar-refractivity contribution in [3.63, 3.8) is 0 Å². The van der Waals surface area contributed by atoms with Gasteiger partial charge >= 0.3 is 0 Å². The number of unbranched alkanes of at least 4 members (excludes halogenated alkanes) is 13. The molecule has 422 valence electrons. The molecule has 2 aliphatic heterocycles. The highest BCUT2D eigenvalue weighted by molar-refractivity contribution is 5.76. The molecule has 74 heavy (non-hydrogen) atoms. The first-order chi connectivity index (χ1) is 36.1. The van der Waals surface area contributed by atoms with E-state index in [-0.39, 0.29) is 18.9 Å². The first-order valence-electron chi connectivity index (χ1n) is 28.1. The number of aliphatic hydroxyl groups excluding tert-OH is 8. The van der Waals surface area contributed by atoms with Gasteiger partial charge in [-0.15, -0.1) is 0 Å². The second-order valence-corrected chi connectivity index (χ2v) is 19.3. The molecule has 0 aromatic carbocycles. The van der Waals surface area contributed by atoms with Gasteiger partial charge in [0.1, 0.15) is 48.8 Å². The number of ether oxygens (including phenoxy) is 4. The zero-order valence-electron chi connectivity index (χ0n) is 45.0. The second kappa shape index (κ2) is 44.7. The Kier molecular flexibility index (Phi) is 40.4. The van der Waals surface area contributed by atoms with Gasteiger partial charge in [0.2, 0.25) is 5.91 Å². The van der Waals surface area contributed by atoms with Crippen LogP contribution in [0.3, 0.4) is 0 Å². The van der Waals surface area contributed by atoms with Gasteiger partial charge in [-0.1, -0.05) is 187 Å². The van der Waals surface area contributed by atoms with Gasteiger partial charge in [-0.05, 0) is 83.5 Å². The number of carbonyl (C=O) groups is 1. The number of allylic oxidation sites excluding steroid dienone is 17. The van der Waals surface area contributed by atoms with Crippen molar-refractivity contribution >= 4 is 5.91 Å². The van der Waals surface area contributed by atoms with Crippen molar-refractivity contribution in [1.82, 2.24) is 5.32 Å². The lowest BCUT2D eigenvalue weighted by molar-refractivity contribution is -0.359. The molecule has 0 aliphatic carbocycles. The van der Waals surface area contributed by atoms with Crippen molar-refractivity contribution in [3.8, 4) is 0 Å². The Balaban J connectivity index is 1.64. The maximum atomic E-state index is 13.1. The van der Waals surface area contributed by atoms with Crippen molar-refractivity contribution in [3.05, 3.63) is 109 Å². The van der Waals surface area contributed by atoms with E-state index in [1.807, 2.05) is 6.08 Å². The molecule has 1 amide bonds. The van der Waals surface area contributed by atoms with Crippen LogP contribution in [0, 0.1) is 0 Å². The molecule has 0 saturated carbocycles. The van der Waals surface area contributed by atoms with Gasteiger partial charge in [-0.2, -0.15) is 0 Å². The van der Waals surface area contributed by atoms with Gasteiger partial charge in [0.15, 0.2) is 12.6 Å². The van der Waals surface area contributed by atoms with E-state index in [0.717, 1.165) is 116 Å². The van der Waals surface area contributed by atoms with Crippen LogP contribution in [0.1, 0.15) is 168 Å². The number of rotatable bonds is 42. The largest absolute Gasteiger partial charge is 0.394 e. The Morgan fingerprint density at radius 2 is 0.932 bits per heavy atom. The summed E-state index contributed by atoms with van der Waals surface area (Å²) in [6.07, 6.45) is 46.0. The molecule has 2 rings (SSSR count). The van der Waals surface area contributed by atoms with Crippen LogP contribution >= 0.6 is 0 Å². The maximum absolute atomic E-state index is 13.1. The van der Waals surface area contributed by atoms with E-state index in [1.165, 1.54) is 25.7 Å². The summed E-state index contributed by atoms with van der Waals surface area (Å²) in [6, 6.07) is -0.923. The quantitative estimate of drug-likeness (QED) is 0.0206. The predicted molar refractivity (Wildman–Crippen MR) is 295 cm³/mol. The molecule has 14 heteroatoms. The highest BCUT2D eigenvalue weighted by atomic mass is 16.7. The van der Waals surface area contributed by atoms with E-state index in [2.05, 4.69) is 116 Å². The van der Waals surface area contributed by atoms with Crippen LogP contribution < -0.4 is 5.32 Å². The second-order valence-electron chi connectivity index (χ2n) is 19.3. The molecular formula is C60H99NO13. The lowest BCUT2D eigenvalue weighted by Crippen LogP contribution is -2.65. The molecular weight excluding hydrogens is 943 g/mol. The summed E-state index contributed by atoms with van der Waals surface area (Å²) in [5.74, 6) is -0.259. The van der Waals surface area contributed by atoms with Crippen molar-refractivity contribution in [1.29, 1.82) is 0 Å². The van der Waals surface area contributed by atoms with Gasteiger partial charge in [-0.3, -0.25) is 4.79 Å². The molecule has 9 N–H and O–H groups in total. The molecule has 2 fully saturated rings. The van der Waals surface area contributed by atoms with Gasteiger partial charge in [-0.25, -0.2) is 0 Å². The van der Waals surface area contributed by atoms with E-state index in [1.54, 1.807) is 6.08 Å². The topological polar surface area (TPSA) is 228 Å². The molecule has 0 aromatic heterocycles. The number of nitrogens with one attached hydrogen (secondary N) is 1. The zero-order chi connectivity index (χ0) is 53.9. The molecule has 0 radical (unpaired) electrons. The molecule has 2 heterocycles. The fourth-order valence-electron chi connectivity index (χ4n) is 8.42. The smallest absolute Gasteiger partial charge is 0.220 e. The number of carbonyl (C=O) groups excluding carboxylic acids is 1.